The zero-order valence-corrected chi connectivity index (χ0v) is 10.8. The van der Waals surface area contributed by atoms with Gasteiger partial charge in [0.25, 0.3) is 0 Å². The standard InChI is InChI=1S/C16H12N4/c17-9-16-8-13(6-7-18-16)11-20-12-15(10-19-20)14-4-2-1-3-5-14/h1-8,10,12H,11H2. The van der Waals surface area contributed by atoms with Crippen LogP contribution in [0.5, 0.6) is 0 Å². The maximum absolute atomic E-state index is 8.85. The Labute approximate surface area is 116 Å². The lowest BCUT2D eigenvalue weighted by molar-refractivity contribution is 0.686. The smallest absolute Gasteiger partial charge is 0.140 e. The number of nitrogens with zero attached hydrogens (tertiary/aromatic N) is 4. The van der Waals surface area contributed by atoms with Gasteiger partial charge in [0.15, 0.2) is 0 Å². The van der Waals surface area contributed by atoms with Gasteiger partial charge < -0.3 is 0 Å². The molecule has 0 N–H and O–H groups in total. The highest BCUT2D eigenvalue weighted by atomic mass is 15.3. The van der Waals surface area contributed by atoms with Crippen molar-refractivity contribution in [2.24, 2.45) is 0 Å². The molecular formula is C16H12N4. The normalized spacial score (nSPS) is 10.2. The Morgan fingerprint density at radius 3 is 2.75 bits per heavy atom. The zero-order chi connectivity index (χ0) is 13.8. The molecule has 0 amide bonds. The molecule has 3 aromatic rings. The second-order valence-corrected chi connectivity index (χ2v) is 4.45. The van der Waals surface area contributed by atoms with Crippen LogP contribution in [0.4, 0.5) is 0 Å². The minimum atomic E-state index is 0.429. The minimum absolute atomic E-state index is 0.429. The van der Waals surface area contributed by atoms with Gasteiger partial charge in [-0.15, -0.1) is 0 Å². The summed E-state index contributed by atoms with van der Waals surface area (Å²) in [6, 6.07) is 15.8. The van der Waals surface area contributed by atoms with Crippen LogP contribution in [0.3, 0.4) is 0 Å². The van der Waals surface area contributed by atoms with Crippen LogP contribution in [-0.4, -0.2) is 14.8 Å². The van der Waals surface area contributed by atoms with Crippen LogP contribution in [0, 0.1) is 11.3 Å². The van der Waals surface area contributed by atoms with Crippen molar-refractivity contribution < 1.29 is 0 Å². The molecule has 0 fully saturated rings. The number of pyridine rings is 1. The zero-order valence-electron chi connectivity index (χ0n) is 10.8. The van der Waals surface area contributed by atoms with E-state index in [4.69, 9.17) is 5.26 Å². The van der Waals surface area contributed by atoms with E-state index in [2.05, 4.69) is 22.2 Å². The molecular weight excluding hydrogens is 248 g/mol. The van der Waals surface area contributed by atoms with Gasteiger partial charge in [0, 0.05) is 18.0 Å². The molecule has 96 valence electrons. The number of hydrogen-bond acceptors (Lipinski definition) is 3. The summed E-state index contributed by atoms with van der Waals surface area (Å²) in [6.45, 7) is 0.629. The molecule has 0 spiro atoms. The Hall–Kier alpha value is -2.93. The number of rotatable bonds is 3. The highest BCUT2D eigenvalue weighted by Crippen LogP contribution is 2.18. The molecule has 20 heavy (non-hydrogen) atoms. The molecule has 2 heterocycles. The quantitative estimate of drug-likeness (QED) is 0.727. The Morgan fingerprint density at radius 1 is 1.10 bits per heavy atom. The molecule has 4 nitrogen and oxygen atoms in total. The van der Waals surface area contributed by atoms with Gasteiger partial charge in [-0.25, -0.2) is 4.98 Å². The van der Waals surface area contributed by atoms with Crippen LogP contribution in [0.15, 0.2) is 61.1 Å². The summed E-state index contributed by atoms with van der Waals surface area (Å²) in [6.07, 6.45) is 5.50. The van der Waals surface area contributed by atoms with E-state index < -0.39 is 0 Å². The van der Waals surface area contributed by atoms with Gasteiger partial charge in [-0.1, -0.05) is 30.3 Å². The van der Waals surface area contributed by atoms with Crippen molar-refractivity contribution in [2.45, 2.75) is 6.54 Å². The van der Waals surface area contributed by atoms with Gasteiger partial charge in [-0.05, 0) is 23.3 Å². The highest BCUT2D eigenvalue weighted by molar-refractivity contribution is 5.61. The first kappa shape index (κ1) is 12.1. The third-order valence-corrected chi connectivity index (χ3v) is 3.02. The van der Waals surface area contributed by atoms with Crippen molar-refractivity contribution in [1.82, 2.24) is 14.8 Å². The average molecular weight is 260 g/mol. The summed E-state index contributed by atoms with van der Waals surface area (Å²) in [7, 11) is 0. The molecule has 3 rings (SSSR count). The summed E-state index contributed by atoms with van der Waals surface area (Å²) in [4.78, 5) is 3.96. The molecule has 4 heteroatoms. The maximum Gasteiger partial charge on any atom is 0.140 e. The third kappa shape index (κ3) is 2.57. The molecule has 0 radical (unpaired) electrons. The van der Waals surface area contributed by atoms with Gasteiger partial charge in [-0.3, -0.25) is 4.68 Å². The molecule has 0 saturated heterocycles. The van der Waals surface area contributed by atoms with E-state index in [1.807, 2.05) is 47.4 Å². The van der Waals surface area contributed by atoms with Gasteiger partial charge in [0.05, 0.1) is 12.7 Å². The third-order valence-electron chi connectivity index (χ3n) is 3.02. The van der Waals surface area contributed by atoms with Crippen LogP contribution >= 0.6 is 0 Å². The first-order chi connectivity index (χ1) is 9.85. The highest BCUT2D eigenvalue weighted by Gasteiger charge is 2.03. The van der Waals surface area contributed by atoms with E-state index in [1.54, 1.807) is 12.3 Å². The summed E-state index contributed by atoms with van der Waals surface area (Å²) < 4.78 is 1.86. The number of nitriles is 1. The second-order valence-electron chi connectivity index (χ2n) is 4.45. The van der Waals surface area contributed by atoms with E-state index in [0.717, 1.165) is 16.7 Å². The molecule has 0 atom stereocenters. The van der Waals surface area contributed by atoms with Crippen molar-refractivity contribution in [1.29, 1.82) is 5.26 Å². The fourth-order valence-electron chi connectivity index (χ4n) is 2.05. The molecule has 1 aromatic carbocycles. The van der Waals surface area contributed by atoms with Gasteiger partial charge in [0.2, 0.25) is 0 Å². The fourth-order valence-corrected chi connectivity index (χ4v) is 2.05. The van der Waals surface area contributed by atoms with Crippen molar-refractivity contribution in [3.63, 3.8) is 0 Å². The largest absolute Gasteiger partial charge is 0.268 e. The molecule has 2 aromatic heterocycles. The lowest BCUT2D eigenvalue weighted by Gasteiger charge is -2.01. The number of hydrogen-bond donors (Lipinski definition) is 0. The molecule has 0 saturated carbocycles. The van der Waals surface area contributed by atoms with Crippen molar-refractivity contribution in [3.8, 4) is 17.2 Å². The molecule has 0 unspecified atom stereocenters. The summed E-state index contributed by atoms with van der Waals surface area (Å²) in [5.74, 6) is 0. The number of benzene rings is 1. The Bertz CT molecular complexity index is 753. The maximum atomic E-state index is 8.85. The predicted molar refractivity (Wildman–Crippen MR) is 75.7 cm³/mol. The SMILES string of the molecule is N#Cc1cc(Cn2cc(-c3ccccc3)cn2)ccn1. The van der Waals surface area contributed by atoms with Crippen molar-refractivity contribution in [3.05, 3.63) is 72.3 Å². The predicted octanol–water partition coefficient (Wildman–Crippen LogP) is 2.87. The Kier molecular flexibility index (Phi) is 3.25. The van der Waals surface area contributed by atoms with Crippen LogP contribution in [0.25, 0.3) is 11.1 Å². The summed E-state index contributed by atoms with van der Waals surface area (Å²) in [5.41, 5.74) is 3.67. The van der Waals surface area contributed by atoms with Gasteiger partial charge in [0.1, 0.15) is 11.8 Å². The van der Waals surface area contributed by atoms with Crippen LogP contribution in [0.1, 0.15) is 11.3 Å². The lowest BCUT2D eigenvalue weighted by atomic mass is 10.1. The monoisotopic (exact) mass is 260 g/mol. The lowest BCUT2D eigenvalue weighted by Crippen LogP contribution is -2.00. The van der Waals surface area contributed by atoms with E-state index in [9.17, 15) is 0 Å². The first-order valence-corrected chi connectivity index (χ1v) is 6.28. The molecule has 0 aliphatic heterocycles. The van der Waals surface area contributed by atoms with Crippen molar-refractivity contribution >= 4 is 0 Å². The van der Waals surface area contributed by atoms with Crippen molar-refractivity contribution in [2.75, 3.05) is 0 Å². The van der Waals surface area contributed by atoms with Gasteiger partial charge in [-0.2, -0.15) is 10.4 Å². The Balaban J connectivity index is 1.83. The summed E-state index contributed by atoms with van der Waals surface area (Å²) >= 11 is 0. The van der Waals surface area contributed by atoms with E-state index in [1.165, 1.54) is 0 Å². The average Bonchev–Trinajstić information content (AvgIpc) is 2.97. The summed E-state index contributed by atoms with van der Waals surface area (Å²) in [5, 5.41) is 13.2. The fraction of sp³-hybridized carbons (Fsp3) is 0.0625. The molecule has 0 aliphatic rings. The van der Waals surface area contributed by atoms with Crippen LogP contribution in [-0.2, 0) is 6.54 Å². The Morgan fingerprint density at radius 2 is 1.95 bits per heavy atom. The number of aromatic nitrogens is 3. The van der Waals surface area contributed by atoms with E-state index in [0.29, 0.717) is 12.2 Å². The van der Waals surface area contributed by atoms with Crippen LogP contribution < -0.4 is 0 Å². The van der Waals surface area contributed by atoms with Crippen LogP contribution in [0.2, 0.25) is 0 Å². The molecule has 0 aliphatic carbocycles. The van der Waals surface area contributed by atoms with E-state index >= 15 is 0 Å². The minimum Gasteiger partial charge on any atom is -0.268 e. The first-order valence-electron chi connectivity index (χ1n) is 6.28. The van der Waals surface area contributed by atoms with Gasteiger partial charge >= 0.3 is 0 Å². The molecule has 0 bridgehead atoms. The second kappa shape index (κ2) is 5.37. The van der Waals surface area contributed by atoms with E-state index in [-0.39, 0.29) is 0 Å². The topological polar surface area (TPSA) is 54.5 Å².